The van der Waals surface area contributed by atoms with Gasteiger partial charge in [-0.15, -0.1) is 0 Å². The predicted molar refractivity (Wildman–Crippen MR) is 101 cm³/mol. The van der Waals surface area contributed by atoms with Crippen LogP contribution in [-0.4, -0.2) is 56.3 Å². The van der Waals surface area contributed by atoms with Crippen molar-refractivity contribution in [2.24, 2.45) is 5.92 Å². The van der Waals surface area contributed by atoms with Crippen LogP contribution in [0.1, 0.15) is 26.7 Å². The molecule has 2 unspecified atom stereocenters. The highest BCUT2D eigenvalue weighted by molar-refractivity contribution is 6.01. The average Bonchev–Trinajstić information content (AvgIpc) is 3.20. The molecular weight excluding hydrogens is 364 g/mol. The van der Waals surface area contributed by atoms with Gasteiger partial charge in [-0.3, -0.25) is 19.3 Å². The third-order valence-corrected chi connectivity index (χ3v) is 4.75. The number of hydrogen-bond donors (Lipinski definition) is 1. The van der Waals surface area contributed by atoms with E-state index in [1.165, 1.54) is 4.90 Å². The van der Waals surface area contributed by atoms with Crippen LogP contribution in [0.4, 0.5) is 5.69 Å². The number of fused-ring (bicyclic) bond motifs is 1. The Hall–Kier alpha value is -2.61. The molecule has 1 fully saturated rings. The fourth-order valence-electron chi connectivity index (χ4n) is 3.25. The van der Waals surface area contributed by atoms with Crippen molar-refractivity contribution in [2.75, 3.05) is 31.2 Å². The predicted octanol–water partition coefficient (Wildman–Crippen LogP) is 1.27. The summed E-state index contributed by atoms with van der Waals surface area (Å²) in [5, 5.41) is 2.80. The van der Waals surface area contributed by atoms with Gasteiger partial charge in [0.25, 0.3) is 11.8 Å². The molecule has 2 atom stereocenters. The molecule has 8 heteroatoms. The maximum absolute atomic E-state index is 12.5. The highest BCUT2D eigenvalue weighted by Gasteiger charge is 2.31. The Balaban J connectivity index is 1.59. The van der Waals surface area contributed by atoms with E-state index < -0.39 is 12.1 Å². The fraction of sp³-hybridized carbons (Fsp3) is 0.550. The molecule has 0 aromatic heterocycles. The monoisotopic (exact) mass is 390 g/mol. The second-order valence-corrected chi connectivity index (χ2v) is 7.27. The number of carbonyl (C=O) groups is 3. The van der Waals surface area contributed by atoms with Crippen LogP contribution in [-0.2, 0) is 23.9 Å². The lowest BCUT2D eigenvalue weighted by atomic mass is 10.1. The fourth-order valence-corrected chi connectivity index (χ4v) is 3.25. The molecular formula is C20H26N2O6. The van der Waals surface area contributed by atoms with Crippen molar-refractivity contribution in [1.82, 2.24) is 5.32 Å². The minimum Gasteiger partial charge on any atom is -0.482 e. The molecule has 0 spiro atoms. The van der Waals surface area contributed by atoms with Crippen LogP contribution in [0.5, 0.6) is 5.75 Å². The highest BCUT2D eigenvalue weighted by Crippen LogP contribution is 2.31. The van der Waals surface area contributed by atoms with E-state index in [0.717, 1.165) is 12.8 Å². The molecule has 0 saturated carbocycles. The van der Waals surface area contributed by atoms with Gasteiger partial charge < -0.3 is 19.5 Å². The highest BCUT2D eigenvalue weighted by atomic mass is 16.6. The number of amides is 2. The Labute approximate surface area is 164 Å². The van der Waals surface area contributed by atoms with Crippen molar-refractivity contribution < 1.29 is 28.6 Å². The zero-order chi connectivity index (χ0) is 20.1. The van der Waals surface area contributed by atoms with Crippen LogP contribution in [0, 0.1) is 5.92 Å². The summed E-state index contributed by atoms with van der Waals surface area (Å²) in [6.45, 7) is 4.30. The smallest absolute Gasteiger partial charge is 0.326 e. The second-order valence-electron chi connectivity index (χ2n) is 7.27. The van der Waals surface area contributed by atoms with Gasteiger partial charge in [0, 0.05) is 13.2 Å². The van der Waals surface area contributed by atoms with Gasteiger partial charge in [0.1, 0.15) is 12.3 Å². The van der Waals surface area contributed by atoms with E-state index in [9.17, 15) is 14.4 Å². The molecule has 3 rings (SSSR count). The van der Waals surface area contributed by atoms with Gasteiger partial charge in [0.2, 0.25) is 0 Å². The van der Waals surface area contributed by atoms with Gasteiger partial charge in [0.15, 0.2) is 12.7 Å². The average molecular weight is 390 g/mol. The number of rotatable bonds is 7. The van der Waals surface area contributed by atoms with E-state index in [4.69, 9.17) is 14.2 Å². The summed E-state index contributed by atoms with van der Waals surface area (Å²) in [6, 6.07) is 6.98. The van der Waals surface area contributed by atoms with Gasteiger partial charge in [-0.1, -0.05) is 26.0 Å². The first-order chi connectivity index (χ1) is 13.5. The maximum Gasteiger partial charge on any atom is 0.326 e. The number of hydrogen-bond acceptors (Lipinski definition) is 6. The number of esters is 1. The summed E-state index contributed by atoms with van der Waals surface area (Å²) in [5.41, 5.74) is 0.514. The molecule has 2 aliphatic heterocycles. The Morgan fingerprint density at radius 3 is 2.82 bits per heavy atom. The van der Waals surface area contributed by atoms with Crippen LogP contribution in [0.25, 0.3) is 0 Å². The van der Waals surface area contributed by atoms with Crippen molar-refractivity contribution >= 4 is 23.5 Å². The van der Waals surface area contributed by atoms with Crippen LogP contribution >= 0.6 is 0 Å². The normalized spacial score (nSPS) is 19.8. The van der Waals surface area contributed by atoms with Gasteiger partial charge in [-0.2, -0.15) is 0 Å². The number of carbonyl (C=O) groups excluding carboxylic acids is 3. The number of para-hydroxylation sites is 2. The van der Waals surface area contributed by atoms with E-state index >= 15 is 0 Å². The Morgan fingerprint density at radius 2 is 2.11 bits per heavy atom. The van der Waals surface area contributed by atoms with Gasteiger partial charge >= 0.3 is 5.97 Å². The van der Waals surface area contributed by atoms with Crippen molar-refractivity contribution in [3.63, 3.8) is 0 Å². The lowest BCUT2D eigenvalue weighted by Crippen LogP contribution is -2.47. The zero-order valence-electron chi connectivity index (χ0n) is 16.2. The van der Waals surface area contributed by atoms with E-state index in [1.54, 1.807) is 38.1 Å². The zero-order valence-corrected chi connectivity index (χ0v) is 16.2. The number of benzene rings is 1. The van der Waals surface area contributed by atoms with Crippen LogP contribution in [0.2, 0.25) is 0 Å². The first-order valence-electron chi connectivity index (χ1n) is 9.56. The number of anilines is 1. The minimum absolute atomic E-state index is 0.00920. The van der Waals surface area contributed by atoms with Gasteiger partial charge in [0.05, 0.1) is 11.8 Å². The SMILES string of the molecule is CC(C)C(OC(=O)CN1C(=O)COc2ccccc21)C(=O)NCC1CCCO1. The Kier molecular flexibility index (Phi) is 6.51. The molecule has 28 heavy (non-hydrogen) atoms. The van der Waals surface area contributed by atoms with Crippen LogP contribution in [0.3, 0.4) is 0 Å². The van der Waals surface area contributed by atoms with Crippen LogP contribution < -0.4 is 15.0 Å². The molecule has 1 saturated heterocycles. The Morgan fingerprint density at radius 1 is 1.32 bits per heavy atom. The van der Waals surface area contributed by atoms with Crippen molar-refractivity contribution in [1.29, 1.82) is 0 Å². The van der Waals surface area contributed by atoms with Crippen molar-refractivity contribution in [3.05, 3.63) is 24.3 Å². The second kappa shape index (κ2) is 9.05. The standard InChI is InChI=1S/C20H26N2O6/c1-13(2)19(20(25)21-10-14-6-5-9-26-14)28-18(24)11-22-15-7-3-4-8-16(15)27-12-17(22)23/h3-4,7-8,13-14,19H,5-6,9-12H2,1-2H3,(H,21,25). The molecule has 2 amide bonds. The van der Waals surface area contributed by atoms with E-state index in [1.807, 2.05) is 0 Å². The molecule has 2 aliphatic rings. The lowest BCUT2D eigenvalue weighted by molar-refractivity contribution is -0.157. The maximum atomic E-state index is 12.5. The Bertz CT molecular complexity index is 729. The first-order valence-corrected chi connectivity index (χ1v) is 9.56. The van der Waals surface area contributed by atoms with Gasteiger partial charge in [-0.05, 0) is 30.9 Å². The summed E-state index contributed by atoms with van der Waals surface area (Å²) in [7, 11) is 0. The van der Waals surface area contributed by atoms with Crippen LogP contribution in [0.15, 0.2) is 24.3 Å². The molecule has 1 N–H and O–H groups in total. The molecule has 0 aliphatic carbocycles. The lowest BCUT2D eigenvalue weighted by Gasteiger charge is -2.29. The largest absolute Gasteiger partial charge is 0.482 e. The van der Waals surface area contributed by atoms with Crippen molar-refractivity contribution in [2.45, 2.75) is 38.9 Å². The molecule has 0 bridgehead atoms. The number of nitrogens with one attached hydrogen (secondary N) is 1. The third kappa shape index (κ3) is 4.81. The summed E-state index contributed by atoms with van der Waals surface area (Å²) < 4.78 is 16.3. The number of nitrogens with zero attached hydrogens (tertiary/aromatic N) is 1. The quantitative estimate of drug-likeness (QED) is 0.705. The number of ether oxygens (including phenoxy) is 3. The first kappa shape index (κ1) is 20.1. The van der Waals surface area contributed by atoms with E-state index in [0.29, 0.717) is 24.6 Å². The molecule has 8 nitrogen and oxygen atoms in total. The third-order valence-electron chi connectivity index (χ3n) is 4.75. The summed E-state index contributed by atoms with van der Waals surface area (Å²) in [5.74, 6) is -1.01. The van der Waals surface area contributed by atoms with Gasteiger partial charge in [-0.25, -0.2) is 0 Å². The summed E-state index contributed by atoms with van der Waals surface area (Å²) in [6.07, 6.45) is 0.971. The molecule has 1 aromatic rings. The minimum atomic E-state index is -0.930. The summed E-state index contributed by atoms with van der Waals surface area (Å²) >= 11 is 0. The summed E-state index contributed by atoms with van der Waals surface area (Å²) in [4.78, 5) is 38.5. The topological polar surface area (TPSA) is 94.2 Å². The van der Waals surface area contributed by atoms with E-state index in [-0.39, 0.29) is 37.0 Å². The molecule has 1 aromatic carbocycles. The molecule has 0 radical (unpaired) electrons. The van der Waals surface area contributed by atoms with E-state index in [2.05, 4.69) is 5.32 Å². The van der Waals surface area contributed by atoms with Crippen molar-refractivity contribution in [3.8, 4) is 5.75 Å². The molecule has 2 heterocycles. The molecule has 152 valence electrons.